The smallest absolute Gasteiger partial charge is 0.233 e. The Balaban J connectivity index is 2.01. The van der Waals surface area contributed by atoms with Crippen molar-refractivity contribution >= 4 is 40.9 Å². The average Bonchev–Trinajstić information content (AvgIpc) is 2.79. The minimum Gasteiger partial charge on any atom is -0.349 e. The number of aromatic nitrogens is 3. The SMILES string of the molecule is Cc1nnc(S[C@@H](C)C(=O)N[C@H](C)c2ccc(Cl)cc2Cl)n1N. The number of aryl methyl sites for hydroxylation is 1. The number of nitrogen functional groups attached to an aromatic ring is 1. The Morgan fingerprint density at radius 3 is 2.61 bits per heavy atom. The lowest BCUT2D eigenvalue weighted by Gasteiger charge is -2.18. The maximum atomic E-state index is 12.3. The Kier molecular flexibility index (Phi) is 5.78. The van der Waals surface area contributed by atoms with Crippen molar-refractivity contribution in [3.8, 4) is 0 Å². The molecular formula is C14H17Cl2N5OS. The molecule has 0 spiro atoms. The van der Waals surface area contributed by atoms with Crippen LogP contribution < -0.4 is 11.2 Å². The van der Waals surface area contributed by atoms with E-state index in [1.54, 1.807) is 32.0 Å². The number of rotatable bonds is 5. The lowest BCUT2D eigenvalue weighted by atomic mass is 10.1. The molecule has 124 valence electrons. The average molecular weight is 374 g/mol. The monoisotopic (exact) mass is 373 g/mol. The van der Waals surface area contributed by atoms with Crippen molar-refractivity contribution in [3.63, 3.8) is 0 Å². The van der Waals surface area contributed by atoms with Crippen LogP contribution in [0.15, 0.2) is 23.4 Å². The highest BCUT2D eigenvalue weighted by atomic mass is 35.5. The molecule has 0 fully saturated rings. The number of hydrogen-bond acceptors (Lipinski definition) is 5. The van der Waals surface area contributed by atoms with Crippen LogP contribution in [0, 0.1) is 6.92 Å². The molecule has 0 saturated carbocycles. The largest absolute Gasteiger partial charge is 0.349 e. The molecule has 0 saturated heterocycles. The summed E-state index contributed by atoms with van der Waals surface area (Å²) >= 11 is 13.3. The van der Waals surface area contributed by atoms with Gasteiger partial charge in [0.05, 0.1) is 11.3 Å². The summed E-state index contributed by atoms with van der Waals surface area (Å²) in [5.74, 6) is 6.23. The third-order valence-corrected chi connectivity index (χ3v) is 4.89. The van der Waals surface area contributed by atoms with Crippen LogP contribution in [-0.4, -0.2) is 26.0 Å². The van der Waals surface area contributed by atoms with Crippen LogP contribution in [-0.2, 0) is 4.79 Å². The number of thioether (sulfide) groups is 1. The summed E-state index contributed by atoms with van der Waals surface area (Å²) in [5, 5.41) is 11.9. The van der Waals surface area contributed by atoms with Crippen molar-refractivity contribution in [2.75, 3.05) is 5.84 Å². The predicted molar refractivity (Wildman–Crippen MR) is 93.2 cm³/mol. The summed E-state index contributed by atoms with van der Waals surface area (Å²) in [7, 11) is 0. The van der Waals surface area contributed by atoms with E-state index in [1.807, 2.05) is 6.92 Å². The molecule has 1 aromatic heterocycles. The number of carbonyl (C=O) groups is 1. The molecule has 0 radical (unpaired) electrons. The zero-order chi connectivity index (χ0) is 17.1. The van der Waals surface area contributed by atoms with Gasteiger partial charge in [-0.1, -0.05) is 41.0 Å². The van der Waals surface area contributed by atoms with Crippen molar-refractivity contribution in [1.29, 1.82) is 0 Å². The molecule has 1 aromatic carbocycles. The van der Waals surface area contributed by atoms with Gasteiger partial charge in [0, 0.05) is 10.0 Å². The number of hydrogen-bond donors (Lipinski definition) is 2. The van der Waals surface area contributed by atoms with Crippen LogP contribution in [0.5, 0.6) is 0 Å². The highest BCUT2D eigenvalue weighted by Crippen LogP contribution is 2.27. The topological polar surface area (TPSA) is 85.8 Å². The van der Waals surface area contributed by atoms with Crippen LogP contribution in [0.1, 0.15) is 31.3 Å². The van der Waals surface area contributed by atoms with Crippen LogP contribution in [0.4, 0.5) is 0 Å². The Labute approximate surface area is 148 Å². The Hall–Kier alpha value is -1.44. The molecule has 1 amide bonds. The standard InChI is InChI=1S/C14H17Cl2N5OS/c1-7(11-5-4-10(15)6-12(11)16)18-13(22)8(2)23-14-20-19-9(3)21(14)17/h4-8H,17H2,1-3H3,(H,18,22)/t7-,8+/m1/s1. The van der Waals surface area contributed by atoms with E-state index in [2.05, 4.69) is 15.5 Å². The normalized spacial score (nSPS) is 13.6. The number of nitrogens with two attached hydrogens (primary N) is 1. The Bertz CT molecular complexity index is 721. The van der Waals surface area contributed by atoms with Gasteiger partial charge >= 0.3 is 0 Å². The molecule has 0 aliphatic heterocycles. The molecule has 2 atom stereocenters. The second-order valence-corrected chi connectivity index (χ2v) is 7.21. The molecule has 2 aromatic rings. The van der Waals surface area contributed by atoms with E-state index in [0.717, 1.165) is 5.56 Å². The van der Waals surface area contributed by atoms with Gasteiger partial charge in [0.15, 0.2) is 0 Å². The lowest BCUT2D eigenvalue weighted by Crippen LogP contribution is -2.33. The lowest BCUT2D eigenvalue weighted by molar-refractivity contribution is -0.120. The first kappa shape index (κ1) is 17.9. The molecule has 0 aliphatic carbocycles. The number of nitrogens with one attached hydrogen (secondary N) is 1. The van der Waals surface area contributed by atoms with Gasteiger partial charge in [-0.2, -0.15) is 0 Å². The summed E-state index contributed by atoms with van der Waals surface area (Å²) in [6.07, 6.45) is 0. The number of amides is 1. The van der Waals surface area contributed by atoms with Crippen molar-refractivity contribution in [1.82, 2.24) is 20.2 Å². The second-order valence-electron chi connectivity index (χ2n) is 5.06. The van der Waals surface area contributed by atoms with Gasteiger partial charge in [0.25, 0.3) is 0 Å². The maximum absolute atomic E-state index is 12.3. The number of nitrogens with zero attached hydrogens (tertiary/aromatic N) is 3. The van der Waals surface area contributed by atoms with Crippen molar-refractivity contribution in [2.24, 2.45) is 0 Å². The molecule has 23 heavy (non-hydrogen) atoms. The molecule has 3 N–H and O–H groups in total. The van der Waals surface area contributed by atoms with E-state index in [9.17, 15) is 4.79 Å². The van der Waals surface area contributed by atoms with Gasteiger partial charge in [-0.25, -0.2) is 4.68 Å². The summed E-state index contributed by atoms with van der Waals surface area (Å²) in [5.41, 5.74) is 0.805. The first-order valence-corrected chi connectivity index (χ1v) is 8.52. The summed E-state index contributed by atoms with van der Waals surface area (Å²) < 4.78 is 1.36. The van der Waals surface area contributed by atoms with Crippen LogP contribution in [0.25, 0.3) is 0 Å². The minimum absolute atomic E-state index is 0.144. The van der Waals surface area contributed by atoms with Gasteiger partial charge in [-0.3, -0.25) is 4.79 Å². The molecular weight excluding hydrogens is 357 g/mol. The zero-order valence-electron chi connectivity index (χ0n) is 12.9. The summed E-state index contributed by atoms with van der Waals surface area (Å²) in [6, 6.07) is 4.95. The fourth-order valence-corrected chi connectivity index (χ4v) is 3.30. The van der Waals surface area contributed by atoms with E-state index in [4.69, 9.17) is 29.0 Å². The van der Waals surface area contributed by atoms with Gasteiger partial charge in [-0.15, -0.1) is 10.2 Å². The number of benzene rings is 1. The van der Waals surface area contributed by atoms with Gasteiger partial charge in [-0.05, 0) is 38.5 Å². The summed E-state index contributed by atoms with van der Waals surface area (Å²) in [4.78, 5) is 12.3. The molecule has 1 heterocycles. The predicted octanol–water partition coefficient (Wildman–Crippen LogP) is 2.97. The van der Waals surface area contributed by atoms with E-state index >= 15 is 0 Å². The molecule has 2 rings (SSSR count). The van der Waals surface area contributed by atoms with E-state index in [-0.39, 0.29) is 17.2 Å². The Morgan fingerprint density at radius 2 is 2.04 bits per heavy atom. The van der Waals surface area contributed by atoms with Crippen molar-refractivity contribution in [3.05, 3.63) is 39.6 Å². The minimum atomic E-state index is -0.380. The van der Waals surface area contributed by atoms with Gasteiger partial charge < -0.3 is 11.2 Å². The third-order valence-electron chi connectivity index (χ3n) is 3.27. The fourth-order valence-electron chi connectivity index (χ4n) is 1.90. The Morgan fingerprint density at radius 1 is 1.35 bits per heavy atom. The van der Waals surface area contributed by atoms with Crippen LogP contribution in [0.3, 0.4) is 0 Å². The molecule has 6 nitrogen and oxygen atoms in total. The molecule has 0 aliphatic rings. The van der Waals surface area contributed by atoms with E-state index < -0.39 is 0 Å². The molecule has 0 unspecified atom stereocenters. The zero-order valence-corrected chi connectivity index (χ0v) is 15.2. The van der Waals surface area contributed by atoms with Gasteiger partial charge in [0.2, 0.25) is 11.1 Å². The second kappa shape index (κ2) is 7.42. The van der Waals surface area contributed by atoms with Crippen molar-refractivity contribution in [2.45, 2.75) is 37.2 Å². The fraction of sp³-hybridized carbons (Fsp3) is 0.357. The van der Waals surface area contributed by atoms with Crippen LogP contribution in [0.2, 0.25) is 10.0 Å². The first-order valence-electron chi connectivity index (χ1n) is 6.88. The highest BCUT2D eigenvalue weighted by molar-refractivity contribution is 8.00. The van der Waals surface area contributed by atoms with E-state index in [1.165, 1.54) is 16.4 Å². The third kappa shape index (κ3) is 4.31. The van der Waals surface area contributed by atoms with E-state index in [0.29, 0.717) is 21.0 Å². The van der Waals surface area contributed by atoms with Crippen LogP contribution >= 0.6 is 35.0 Å². The van der Waals surface area contributed by atoms with Crippen molar-refractivity contribution < 1.29 is 4.79 Å². The highest BCUT2D eigenvalue weighted by Gasteiger charge is 2.21. The molecule has 9 heteroatoms. The molecule has 0 bridgehead atoms. The van der Waals surface area contributed by atoms with Gasteiger partial charge in [0.1, 0.15) is 5.82 Å². The number of carbonyl (C=O) groups excluding carboxylic acids is 1. The quantitative estimate of drug-likeness (QED) is 0.621. The first-order chi connectivity index (χ1) is 10.8. The maximum Gasteiger partial charge on any atom is 0.233 e. The summed E-state index contributed by atoms with van der Waals surface area (Å²) in [6.45, 7) is 5.38. The number of halogens is 2.